The van der Waals surface area contributed by atoms with Gasteiger partial charge >= 0.3 is 0 Å². The van der Waals surface area contributed by atoms with Crippen LogP contribution in [-0.4, -0.2) is 46.1 Å². The number of aromatic nitrogens is 3. The highest BCUT2D eigenvalue weighted by Crippen LogP contribution is 2.15. The fourth-order valence-electron chi connectivity index (χ4n) is 2.34. The van der Waals surface area contributed by atoms with E-state index in [1.807, 2.05) is 17.8 Å². The van der Waals surface area contributed by atoms with Gasteiger partial charge in [-0.15, -0.1) is 22.0 Å². The van der Waals surface area contributed by atoms with Crippen molar-refractivity contribution in [2.24, 2.45) is 10.9 Å². The lowest BCUT2D eigenvalue weighted by molar-refractivity contribution is 0.624. The maximum atomic E-state index is 4.67. The zero-order valence-corrected chi connectivity index (χ0v) is 16.8. The van der Waals surface area contributed by atoms with Gasteiger partial charge < -0.3 is 15.2 Å². The molecule has 26 heavy (non-hydrogen) atoms. The molecule has 0 bridgehead atoms. The van der Waals surface area contributed by atoms with E-state index in [-0.39, 0.29) is 0 Å². The van der Waals surface area contributed by atoms with Crippen LogP contribution in [0.3, 0.4) is 0 Å². The Hall–Kier alpha value is -2.02. The number of aryl methyl sites for hydroxylation is 1. The predicted octanol–water partition coefficient (Wildman–Crippen LogP) is 2.82. The van der Waals surface area contributed by atoms with E-state index in [1.165, 1.54) is 4.90 Å². The van der Waals surface area contributed by atoms with Crippen LogP contribution in [0.25, 0.3) is 0 Å². The molecule has 0 atom stereocenters. The molecular formula is C19H30N6S. The molecule has 0 unspecified atom stereocenters. The van der Waals surface area contributed by atoms with Crippen molar-refractivity contribution in [1.29, 1.82) is 0 Å². The maximum absolute atomic E-state index is 4.67. The van der Waals surface area contributed by atoms with Gasteiger partial charge in [-0.1, -0.05) is 39.0 Å². The van der Waals surface area contributed by atoms with Crippen molar-refractivity contribution >= 4 is 17.7 Å². The summed E-state index contributed by atoms with van der Waals surface area (Å²) in [7, 11) is 0. The van der Waals surface area contributed by atoms with E-state index < -0.39 is 0 Å². The first kappa shape index (κ1) is 20.3. The average molecular weight is 375 g/mol. The first-order chi connectivity index (χ1) is 12.7. The third-order valence-corrected chi connectivity index (χ3v) is 4.69. The lowest BCUT2D eigenvalue weighted by Gasteiger charge is -2.14. The Morgan fingerprint density at radius 2 is 1.96 bits per heavy atom. The number of rotatable bonds is 10. The number of benzene rings is 1. The van der Waals surface area contributed by atoms with Crippen LogP contribution < -0.4 is 10.6 Å². The van der Waals surface area contributed by atoms with Gasteiger partial charge in [-0.25, -0.2) is 0 Å². The topological polar surface area (TPSA) is 67.1 Å². The van der Waals surface area contributed by atoms with Gasteiger partial charge in [0.15, 0.2) is 5.96 Å². The second kappa shape index (κ2) is 11.6. The third kappa shape index (κ3) is 7.47. The van der Waals surface area contributed by atoms with Gasteiger partial charge in [-0.2, -0.15) is 0 Å². The van der Waals surface area contributed by atoms with Crippen molar-refractivity contribution in [2.45, 2.75) is 38.6 Å². The van der Waals surface area contributed by atoms with Crippen molar-refractivity contribution in [1.82, 2.24) is 25.4 Å². The van der Waals surface area contributed by atoms with E-state index >= 15 is 0 Å². The van der Waals surface area contributed by atoms with Crippen LogP contribution >= 0.6 is 11.8 Å². The molecule has 2 N–H and O–H groups in total. The highest BCUT2D eigenvalue weighted by Gasteiger charge is 2.03. The first-order valence-electron chi connectivity index (χ1n) is 9.25. The van der Waals surface area contributed by atoms with E-state index in [0.29, 0.717) is 5.92 Å². The Balaban J connectivity index is 1.76. The molecule has 0 amide bonds. The molecule has 0 fully saturated rings. The molecule has 1 aromatic carbocycles. The van der Waals surface area contributed by atoms with Crippen LogP contribution in [0.1, 0.15) is 26.6 Å². The summed E-state index contributed by atoms with van der Waals surface area (Å²) >= 11 is 1.85. The van der Waals surface area contributed by atoms with Crippen LogP contribution in [0.4, 0.5) is 0 Å². The van der Waals surface area contributed by atoms with Gasteiger partial charge in [0.2, 0.25) is 0 Å². The van der Waals surface area contributed by atoms with E-state index in [4.69, 9.17) is 0 Å². The predicted molar refractivity (Wildman–Crippen MR) is 110 cm³/mol. The van der Waals surface area contributed by atoms with Crippen LogP contribution in [0.2, 0.25) is 0 Å². The summed E-state index contributed by atoms with van der Waals surface area (Å²) in [4.78, 5) is 5.97. The highest BCUT2D eigenvalue weighted by atomic mass is 32.2. The van der Waals surface area contributed by atoms with E-state index in [0.717, 1.165) is 50.1 Å². The number of hydrogen-bond donors (Lipinski definition) is 2. The Labute approximate surface area is 160 Å². The molecule has 0 aliphatic heterocycles. The smallest absolute Gasteiger partial charge is 0.191 e. The van der Waals surface area contributed by atoms with Gasteiger partial charge in [0.1, 0.15) is 12.2 Å². The van der Waals surface area contributed by atoms with Crippen LogP contribution in [0.5, 0.6) is 0 Å². The fraction of sp³-hybridized carbons (Fsp3) is 0.526. The molecule has 0 saturated carbocycles. The molecule has 7 heteroatoms. The van der Waals surface area contributed by atoms with Gasteiger partial charge in [-0.3, -0.25) is 4.99 Å². The molecule has 0 aliphatic rings. The minimum Gasteiger partial charge on any atom is -0.356 e. The Morgan fingerprint density at radius 3 is 2.69 bits per heavy atom. The largest absolute Gasteiger partial charge is 0.356 e. The molecule has 2 rings (SSSR count). The molecule has 1 heterocycles. The third-order valence-electron chi connectivity index (χ3n) is 3.68. The SMILES string of the molecule is CCc1nncn1CCNC(=NCC(C)C)NCCSc1ccccc1. The van der Waals surface area contributed by atoms with Gasteiger partial charge in [0.25, 0.3) is 0 Å². The molecule has 0 saturated heterocycles. The van der Waals surface area contributed by atoms with Crippen LogP contribution in [-0.2, 0) is 13.0 Å². The quantitative estimate of drug-likeness (QED) is 0.290. The summed E-state index contributed by atoms with van der Waals surface area (Å²) in [6, 6.07) is 10.5. The molecule has 0 radical (unpaired) electrons. The first-order valence-corrected chi connectivity index (χ1v) is 10.2. The van der Waals surface area contributed by atoms with Crippen molar-refractivity contribution in [3.05, 3.63) is 42.5 Å². The fourth-order valence-corrected chi connectivity index (χ4v) is 3.13. The average Bonchev–Trinajstić information content (AvgIpc) is 3.11. The van der Waals surface area contributed by atoms with Crippen LogP contribution in [0, 0.1) is 5.92 Å². The van der Waals surface area contributed by atoms with Crippen molar-refractivity contribution < 1.29 is 0 Å². The standard InChI is InChI=1S/C19H30N6S/c1-4-18-24-23-15-25(18)12-10-20-19(22-14-16(2)3)21-11-13-26-17-8-6-5-7-9-17/h5-9,15-16H,4,10-14H2,1-3H3,(H2,20,21,22). The lowest BCUT2D eigenvalue weighted by Crippen LogP contribution is -2.40. The molecule has 2 aromatic rings. The normalized spacial score (nSPS) is 11.8. The summed E-state index contributed by atoms with van der Waals surface area (Å²) in [6.45, 7) is 9.76. The minimum absolute atomic E-state index is 0.539. The van der Waals surface area contributed by atoms with Crippen LogP contribution in [0.15, 0.2) is 46.5 Å². The Bertz CT molecular complexity index is 653. The molecular weight excluding hydrogens is 344 g/mol. The number of aliphatic imine (C=N–C) groups is 1. The van der Waals surface area contributed by atoms with Gasteiger partial charge in [0.05, 0.1) is 0 Å². The van der Waals surface area contributed by atoms with E-state index in [1.54, 1.807) is 6.33 Å². The minimum atomic E-state index is 0.539. The number of thioether (sulfide) groups is 1. The number of hydrogen-bond acceptors (Lipinski definition) is 4. The molecule has 6 nitrogen and oxygen atoms in total. The number of nitrogens with one attached hydrogen (secondary N) is 2. The van der Waals surface area contributed by atoms with Crippen molar-refractivity contribution in [3.8, 4) is 0 Å². The summed E-state index contributed by atoms with van der Waals surface area (Å²) < 4.78 is 2.08. The monoisotopic (exact) mass is 374 g/mol. The van der Waals surface area contributed by atoms with Gasteiger partial charge in [-0.05, 0) is 18.1 Å². The summed E-state index contributed by atoms with van der Waals surface area (Å²) in [5, 5.41) is 14.9. The van der Waals surface area contributed by atoms with Gasteiger partial charge in [0, 0.05) is 43.2 Å². The summed E-state index contributed by atoms with van der Waals surface area (Å²) in [5.74, 6) is 3.42. The Morgan fingerprint density at radius 1 is 1.19 bits per heavy atom. The number of nitrogens with zero attached hydrogens (tertiary/aromatic N) is 4. The number of guanidine groups is 1. The molecule has 0 aliphatic carbocycles. The molecule has 1 aromatic heterocycles. The van der Waals surface area contributed by atoms with E-state index in [2.05, 4.69) is 75.4 Å². The highest BCUT2D eigenvalue weighted by molar-refractivity contribution is 7.99. The van der Waals surface area contributed by atoms with E-state index in [9.17, 15) is 0 Å². The lowest BCUT2D eigenvalue weighted by atomic mass is 10.2. The zero-order chi connectivity index (χ0) is 18.6. The summed E-state index contributed by atoms with van der Waals surface area (Å²) in [5.41, 5.74) is 0. The second-order valence-corrected chi connectivity index (χ2v) is 7.56. The molecule has 142 valence electrons. The van der Waals surface area contributed by atoms with Crippen molar-refractivity contribution in [2.75, 3.05) is 25.4 Å². The molecule has 0 spiro atoms. The maximum Gasteiger partial charge on any atom is 0.191 e. The van der Waals surface area contributed by atoms with Crippen molar-refractivity contribution in [3.63, 3.8) is 0 Å². The second-order valence-electron chi connectivity index (χ2n) is 6.39. The zero-order valence-electron chi connectivity index (χ0n) is 16.0. The Kier molecular flexibility index (Phi) is 9.03. The summed E-state index contributed by atoms with van der Waals surface area (Å²) in [6.07, 6.45) is 2.68.